The van der Waals surface area contributed by atoms with E-state index in [1.54, 1.807) is 36.4 Å². The number of nitrogens with zero attached hydrogens (tertiary/aromatic N) is 1. The van der Waals surface area contributed by atoms with E-state index < -0.39 is 17.9 Å². The molecular formula is C25H27NO6. The van der Waals surface area contributed by atoms with Gasteiger partial charge in [0.15, 0.2) is 12.4 Å². The van der Waals surface area contributed by atoms with Gasteiger partial charge in [-0.2, -0.15) is 0 Å². The van der Waals surface area contributed by atoms with Gasteiger partial charge in [0.05, 0.1) is 18.1 Å². The van der Waals surface area contributed by atoms with Crippen LogP contribution < -0.4 is 4.90 Å². The number of hydrogen-bond acceptors (Lipinski definition) is 6. The molecule has 168 valence electrons. The summed E-state index contributed by atoms with van der Waals surface area (Å²) in [7, 11) is 0. The number of benzene rings is 2. The van der Waals surface area contributed by atoms with E-state index in [0.29, 0.717) is 23.4 Å². The predicted octanol–water partition coefficient (Wildman–Crippen LogP) is 3.73. The topological polar surface area (TPSA) is 90.0 Å². The average Bonchev–Trinajstić information content (AvgIpc) is 3.19. The third-order valence-electron chi connectivity index (χ3n) is 5.32. The van der Waals surface area contributed by atoms with Crippen LogP contribution in [0.15, 0.2) is 48.5 Å². The van der Waals surface area contributed by atoms with Gasteiger partial charge < -0.3 is 14.4 Å². The number of ketones is 1. The number of Topliss-reactive ketones (excluding diaryl/α,β-unsaturated/α-hetero) is 1. The maximum absolute atomic E-state index is 12.4. The van der Waals surface area contributed by atoms with Gasteiger partial charge in [-0.05, 0) is 37.6 Å². The Kier molecular flexibility index (Phi) is 7.76. The smallest absolute Gasteiger partial charge is 0.338 e. The molecule has 7 heteroatoms. The van der Waals surface area contributed by atoms with Crippen LogP contribution in [-0.4, -0.2) is 43.4 Å². The van der Waals surface area contributed by atoms with Gasteiger partial charge in [0.1, 0.15) is 0 Å². The van der Waals surface area contributed by atoms with Crippen molar-refractivity contribution in [2.75, 3.05) is 24.7 Å². The van der Waals surface area contributed by atoms with E-state index in [2.05, 4.69) is 0 Å². The van der Waals surface area contributed by atoms with Crippen LogP contribution in [0.1, 0.15) is 52.5 Å². The summed E-state index contributed by atoms with van der Waals surface area (Å²) in [5, 5.41) is 0. The molecule has 1 fully saturated rings. The summed E-state index contributed by atoms with van der Waals surface area (Å²) < 4.78 is 10.4. The lowest BCUT2D eigenvalue weighted by Gasteiger charge is -2.17. The second-order valence-corrected chi connectivity index (χ2v) is 7.84. The fourth-order valence-electron chi connectivity index (χ4n) is 3.36. The Morgan fingerprint density at radius 3 is 2.28 bits per heavy atom. The maximum Gasteiger partial charge on any atom is 0.338 e. The van der Waals surface area contributed by atoms with Crippen LogP contribution in [-0.2, 0) is 19.1 Å². The molecule has 0 bridgehead atoms. The molecule has 2 aromatic carbocycles. The average molecular weight is 437 g/mol. The van der Waals surface area contributed by atoms with Crippen molar-refractivity contribution in [2.24, 2.45) is 5.92 Å². The molecule has 0 N–H and O–H groups in total. The molecule has 7 nitrogen and oxygen atoms in total. The van der Waals surface area contributed by atoms with Gasteiger partial charge in [-0.3, -0.25) is 14.4 Å². The van der Waals surface area contributed by atoms with E-state index in [-0.39, 0.29) is 31.3 Å². The Bertz CT molecular complexity index is 980. The van der Waals surface area contributed by atoms with Crippen LogP contribution in [0.25, 0.3) is 0 Å². The van der Waals surface area contributed by atoms with Crippen LogP contribution in [0, 0.1) is 12.8 Å². The Morgan fingerprint density at radius 2 is 1.62 bits per heavy atom. The largest absolute Gasteiger partial charge is 0.462 e. The number of ether oxygens (including phenoxy) is 2. The van der Waals surface area contributed by atoms with Gasteiger partial charge in [-0.15, -0.1) is 0 Å². The molecule has 0 unspecified atom stereocenters. The maximum atomic E-state index is 12.4. The molecule has 0 aromatic heterocycles. The molecule has 0 radical (unpaired) electrons. The number of carbonyl (C=O) groups is 4. The first-order chi connectivity index (χ1) is 15.4. The van der Waals surface area contributed by atoms with Crippen LogP contribution in [0.4, 0.5) is 5.69 Å². The van der Waals surface area contributed by atoms with Crippen molar-refractivity contribution in [3.63, 3.8) is 0 Å². The number of rotatable bonds is 9. The molecule has 3 rings (SSSR count). The quantitative estimate of drug-likeness (QED) is 0.337. The van der Waals surface area contributed by atoms with Crippen molar-refractivity contribution in [3.8, 4) is 0 Å². The second-order valence-electron chi connectivity index (χ2n) is 7.84. The van der Waals surface area contributed by atoms with Gasteiger partial charge in [0.2, 0.25) is 5.91 Å². The summed E-state index contributed by atoms with van der Waals surface area (Å²) >= 11 is 0. The zero-order chi connectivity index (χ0) is 23.1. The SMILES string of the molecule is CCCCOC(=O)c1ccc(N2C[C@H](C(=O)OCC(=O)c3ccc(C)cc3)CC2=O)cc1. The molecule has 1 heterocycles. The predicted molar refractivity (Wildman–Crippen MR) is 119 cm³/mol. The second kappa shape index (κ2) is 10.7. The summed E-state index contributed by atoms with van der Waals surface area (Å²) in [5.74, 6) is -2.13. The van der Waals surface area contributed by atoms with Crippen molar-refractivity contribution in [1.82, 2.24) is 0 Å². The van der Waals surface area contributed by atoms with E-state index in [4.69, 9.17) is 9.47 Å². The summed E-state index contributed by atoms with van der Waals surface area (Å²) in [5.41, 5.74) is 2.50. The minimum Gasteiger partial charge on any atom is -0.462 e. The highest BCUT2D eigenvalue weighted by molar-refractivity contribution is 6.01. The molecule has 1 saturated heterocycles. The van der Waals surface area contributed by atoms with Crippen LogP contribution in [0.3, 0.4) is 0 Å². The fraction of sp³-hybridized carbons (Fsp3) is 0.360. The van der Waals surface area contributed by atoms with E-state index in [9.17, 15) is 19.2 Å². The minimum atomic E-state index is -0.646. The first-order valence-electron chi connectivity index (χ1n) is 10.7. The van der Waals surface area contributed by atoms with E-state index in [1.807, 2.05) is 26.0 Å². The molecule has 2 aromatic rings. The van der Waals surface area contributed by atoms with Crippen molar-refractivity contribution < 1.29 is 28.7 Å². The Balaban J connectivity index is 1.53. The van der Waals surface area contributed by atoms with Crippen molar-refractivity contribution >= 4 is 29.3 Å². The lowest BCUT2D eigenvalue weighted by molar-refractivity contribution is -0.147. The van der Waals surface area contributed by atoms with E-state index >= 15 is 0 Å². The molecule has 32 heavy (non-hydrogen) atoms. The van der Waals surface area contributed by atoms with Crippen LogP contribution in [0.2, 0.25) is 0 Å². The number of esters is 2. The molecule has 0 spiro atoms. The van der Waals surface area contributed by atoms with Gasteiger partial charge >= 0.3 is 11.9 Å². The standard InChI is InChI=1S/C25H27NO6/c1-3-4-13-31-24(29)19-9-11-21(12-10-19)26-15-20(14-23(26)28)25(30)32-16-22(27)18-7-5-17(2)6-8-18/h5-12,20H,3-4,13-16H2,1-2H3/t20-/m1/s1. The molecule has 1 atom stereocenters. The molecule has 0 saturated carbocycles. The summed E-state index contributed by atoms with van der Waals surface area (Å²) in [6.07, 6.45) is 1.76. The Morgan fingerprint density at radius 1 is 0.969 bits per heavy atom. The molecule has 0 aliphatic carbocycles. The number of hydrogen-bond donors (Lipinski definition) is 0. The summed E-state index contributed by atoms with van der Waals surface area (Å²) in [4.78, 5) is 50.5. The summed E-state index contributed by atoms with van der Waals surface area (Å²) in [6, 6.07) is 13.5. The molecular weight excluding hydrogens is 410 g/mol. The lowest BCUT2D eigenvalue weighted by atomic mass is 10.1. The van der Waals surface area contributed by atoms with Crippen molar-refractivity contribution in [2.45, 2.75) is 33.1 Å². The third kappa shape index (κ3) is 5.81. The Labute approximate surface area is 187 Å². The monoisotopic (exact) mass is 437 g/mol. The highest BCUT2D eigenvalue weighted by Gasteiger charge is 2.36. The van der Waals surface area contributed by atoms with Crippen molar-refractivity contribution in [3.05, 3.63) is 65.2 Å². The van der Waals surface area contributed by atoms with Gasteiger partial charge in [0.25, 0.3) is 0 Å². The van der Waals surface area contributed by atoms with Crippen LogP contribution >= 0.6 is 0 Å². The normalized spacial score (nSPS) is 15.5. The molecule has 1 aliphatic heterocycles. The van der Waals surface area contributed by atoms with Crippen molar-refractivity contribution in [1.29, 1.82) is 0 Å². The number of anilines is 1. The summed E-state index contributed by atoms with van der Waals surface area (Å²) in [6.45, 7) is 4.11. The number of aryl methyl sites for hydroxylation is 1. The zero-order valence-electron chi connectivity index (χ0n) is 18.3. The fourth-order valence-corrected chi connectivity index (χ4v) is 3.36. The van der Waals surface area contributed by atoms with E-state index in [0.717, 1.165) is 18.4 Å². The van der Waals surface area contributed by atoms with Crippen LogP contribution in [0.5, 0.6) is 0 Å². The first kappa shape index (κ1) is 23.2. The number of unbranched alkanes of at least 4 members (excludes halogenated alkanes) is 1. The highest BCUT2D eigenvalue weighted by atomic mass is 16.5. The highest BCUT2D eigenvalue weighted by Crippen LogP contribution is 2.26. The molecule has 1 aliphatic rings. The van der Waals surface area contributed by atoms with Gasteiger partial charge in [-0.25, -0.2) is 4.79 Å². The minimum absolute atomic E-state index is 0.0123. The van der Waals surface area contributed by atoms with Gasteiger partial charge in [-0.1, -0.05) is 43.2 Å². The zero-order valence-corrected chi connectivity index (χ0v) is 18.3. The van der Waals surface area contributed by atoms with Gasteiger partial charge in [0, 0.05) is 24.2 Å². The molecule has 1 amide bonds. The third-order valence-corrected chi connectivity index (χ3v) is 5.32. The lowest BCUT2D eigenvalue weighted by Crippen LogP contribution is -2.27. The number of carbonyl (C=O) groups excluding carboxylic acids is 4. The number of amides is 1. The first-order valence-corrected chi connectivity index (χ1v) is 10.7. The van der Waals surface area contributed by atoms with E-state index in [1.165, 1.54) is 4.90 Å². The Hall–Kier alpha value is -3.48.